The predicted molar refractivity (Wildman–Crippen MR) is 110 cm³/mol. The quantitative estimate of drug-likeness (QED) is 0.746. The second-order valence-corrected chi connectivity index (χ2v) is 9.26. The van der Waals surface area contributed by atoms with E-state index in [1.165, 1.54) is 12.1 Å². The van der Waals surface area contributed by atoms with Crippen molar-refractivity contribution >= 4 is 33.2 Å². The second kappa shape index (κ2) is 8.59. The Kier molecular flexibility index (Phi) is 6.33. The van der Waals surface area contributed by atoms with E-state index >= 15 is 0 Å². The third-order valence-corrected chi connectivity index (χ3v) is 6.31. The Morgan fingerprint density at radius 3 is 2.72 bits per heavy atom. The number of halogens is 2. The Morgan fingerprint density at radius 1 is 1.31 bits per heavy atom. The maximum atomic E-state index is 13.4. The van der Waals surface area contributed by atoms with Gasteiger partial charge in [0.05, 0.1) is 30.1 Å². The molecule has 1 aliphatic rings. The van der Waals surface area contributed by atoms with Gasteiger partial charge in [-0.15, -0.1) is 0 Å². The molecule has 1 N–H and O–H groups in total. The summed E-state index contributed by atoms with van der Waals surface area (Å²) in [4.78, 5) is 12.7. The van der Waals surface area contributed by atoms with Crippen LogP contribution >= 0.6 is 11.6 Å². The molecule has 29 heavy (non-hydrogen) atoms. The lowest BCUT2D eigenvalue weighted by Gasteiger charge is -2.28. The lowest BCUT2D eigenvalue weighted by molar-refractivity contribution is -0.120. The lowest BCUT2D eigenvalue weighted by atomic mass is 9.87. The van der Waals surface area contributed by atoms with Gasteiger partial charge in [-0.2, -0.15) is 0 Å². The van der Waals surface area contributed by atoms with Gasteiger partial charge in [-0.05, 0) is 60.7 Å². The SMILES string of the molecule is COc1ccc2c(c1)CCCC2NC(=O)CN(c1ccc(F)c(Cl)c1)S(C)(=O)=O. The first kappa shape index (κ1) is 21.4. The highest BCUT2D eigenvalue weighted by Crippen LogP contribution is 2.32. The van der Waals surface area contributed by atoms with Gasteiger partial charge >= 0.3 is 0 Å². The van der Waals surface area contributed by atoms with E-state index in [1.807, 2.05) is 18.2 Å². The van der Waals surface area contributed by atoms with E-state index in [0.29, 0.717) is 0 Å². The molecule has 0 radical (unpaired) electrons. The molecule has 0 aromatic heterocycles. The minimum Gasteiger partial charge on any atom is -0.497 e. The summed E-state index contributed by atoms with van der Waals surface area (Å²) >= 11 is 5.77. The van der Waals surface area contributed by atoms with Crippen molar-refractivity contribution in [1.82, 2.24) is 5.32 Å². The first-order valence-electron chi connectivity index (χ1n) is 9.08. The zero-order valence-corrected chi connectivity index (χ0v) is 17.7. The van der Waals surface area contributed by atoms with Gasteiger partial charge in [-0.1, -0.05) is 17.7 Å². The maximum absolute atomic E-state index is 13.4. The highest BCUT2D eigenvalue weighted by atomic mass is 35.5. The van der Waals surface area contributed by atoms with Crippen molar-refractivity contribution in [2.75, 3.05) is 24.2 Å². The number of carbonyl (C=O) groups excluding carboxylic acids is 1. The topological polar surface area (TPSA) is 75.7 Å². The molecule has 156 valence electrons. The van der Waals surface area contributed by atoms with E-state index in [0.717, 1.165) is 52.8 Å². The van der Waals surface area contributed by atoms with Crippen molar-refractivity contribution in [1.29, 1.82) is 0 Å². The fourth-order valence-corrected chi connectivity index (χ4v) is 4.50. The summed E-state index contributed by atoms with van der Waals surface area (Å²) in [5.41, 5.74) is 2.23. The van der Waals surface area contributed by atoms with Gasteiger partial charge in [0.25, 0.3) is 0 Å². The van der Waals surface area contributed by atoms with Crippen LogP contribution in [-0.4, -0.2) is 34.2 Å². The summed E-state index contributed by atoms with van der Waals surface area (Å²) in [7, 11) is -2.18. The standard InChI is InChI=1S/C20H22ClFN2O4S/c1-28-15-7-8-16-13(10-15)4-3-5-19(16)23-20(25)12-24(29(2,26)27)14-6-9-18(22)17(21)11-14/h6-11,19H,3-5,12H2,1-2H3,(H,23,25). The molecule has 1 atom stereocenters. The molecule has 3 rings (SSSR count). The molecule has 0 spiro atoms. The fourth-order valence-electron chi connectivity index (χ4n) is 3.48. The lowest BCUT2D eigenvalue weighted by Crippen LogP contribution is -2.42. The van der Waals surface area contributed by atoms with Crippen molar-refractivity contribution in [3.05, 3.63) is 58.4 Å². The maximum Gasteiger partial charge on any atom is 0.241 e. The van der Waals surface area contributed by atoms with Crippen LogP contribution < -0.4 is 14.4 Å². The van der Waals surface area contributed by atoms with Gasteiger partial charge in [0.2, 0.25) is 15.9 Å². The van der Waals surface area contributed by atoms with E-state index in [2.05, 4.69) is 5.32 Å². The molecule has 1 unspecified atom stereocenters. The number of fused-ring (bicyclic) bond motifs is 1. The Hall–Kier alpha value is -2.32. The number of methoxy groups -OCH3 is 1. The number of sulfonamides is 1. The Bertz CT molecular complexity index is 1030. The van der Waals surface area contributed by atoms with Crippen LogP contribution in [0.1, 0.15) is 30.0 Å². The minimum absolute atomic E-state index is 0.128. The second-order valence-electron chi connectivity index (χ2n) is 6.95. The monoisotopic (exact) mass is 440 g/mol. The third kappa shape index (κ3) is 5.00. The van der Waals surface area contributed by atoms with Crippen LogP contribution in [-0.2, 0) is 21.2 Å². The largest absolute Gasteiger partial charge is 0.497 e. The summed E-state index contributed by atoms with van der Waals surface area (Å²) < 4.78 is 44.0. The van der Waals surface area contributed by atoms with Crippen LogP contribution in [0, 0.1) is 5.82 Å². The number of hydrogen-bond donors (Lipinski definition) is 1. The van der Waals surface area contributed by atoms with Crippen molar-refractivity contribution in [3.63, 3.8) is 0 Å². The first-order valence-corrected chi connectivity index (χ1v) is 11.3. The van der Waals surface area contributed by atoms with Gasteiger partial charge in [0.1, 0.15) is 18.1 Å². The Balaban J connectivity index is 1.79. The molecule has 9 heteroatoms. The average molecular weight is 441 g/mol. The number of nitrogens with zero attached hydrogens (tertiary/aromatic N) is 1. The number of aryl methyl sites for hydroxylation is 1. The van der Waals surface area contributed by atoms with Crippen LogP contribution in [0.3, 0.4) is 0 Å². The van der Waals surface area contributed by atoms with E-state index in [-0.39, 0.29) is 16.8 Å². The van der Waals surface area contributed by atoms with Crippen LogP contribution in [0.25, 0.3) is 0 Å². The molecule has 6 nitrogen and oxygen atoms in total. The minimum atomic E-state index is -3.78. The first-order chi connectivity index (χ1) is 13.7. The highest BCUT2D eigenvalue weighted by Gasteiger charge is 2.26. The van der Waals surface area contributed by atoms with Crippen LogP contribution in [0.4, 0.5) is 10.1 Å². The summed E-state index contributed by atoms with van der Waals surface area (Å²) in [5, 5.41) is 2.70. The molecule has 0 saturated heterocycles. The van der Waals surface area contributed by atoms with Crippen molar-refractivity contribution in [2.45, 2.75) is 25.3 Å². The number of benzene rings is 2. The number of rotatable bonds is 6. The number of ether oxygens (including phenoxy) is 1. The molecule has 2 aromatic rings. The average Bonchev–Trinajstić information content (AvgIpc) is 2.67. The molecule has 1 amide bonds. The molecule has 0 aliphatic heterocycles. The van der Waals surface area contributed by atoms with Gasteiger partial charge in [0.15, 0.2) is 0 Å². The molecule has 2 aromatic carbocycles. The predicted octanol–water partition coefficient (Wildman–Crippen LogP) is 3.45. The summed E-state index contributed by atoms with van der Waals surface area (Å²) in [6.45, 7) is -0.428. The smallest absolute Gasteiger partial charge is 0.241 e. The molecule has 0 fully saturated rings. The Labute approximate surface area is 174 Å². The zero-order chi connectivity index (χ0) is 21.2. The van der Waals surface area contributed by atoms with Crippen molar-refractivity contribution in [3.8, 4) is 5.75 Å². The molecule has 1 aliphatic carbocycles. The van der Waals surface area contributed by atoms with Gasteiger partial charge in [0, 0.05) is 0 Å². The van der Waals surface area contributed by atoms with Gasteiger partial charge in [-0.25, -0.2) is 12.8 Å². The van der Waals surface area contributed by atoms with E-state index in [9.17, 15) is 17.6 Å². The number of hydrogen-bond acceptors (Lipinski definition) is 4. The van der Waals surface area contributed by atoms with Crippen LogP contribution in [0.2, 0.25) is 5.02 Å². The van der Waals surface area contributed by atoms with E-state index in [1.54, 1.807) is 7.11 Å². The van der Waals surface area contributed by atoms with Crippen molar-refractivity contribution in [2.24, 2.45) is 0 Å². The molecular weight excluding hydrogens is 419 g/mol. The zero-order valence-electron chi connectivity index (χ0n) is 16.1. The molecule has 0 heterocycles. The summed E-state index contributed by atoms with van der Waals surface area (Å²) in [6.07, 6.45) is 3.53. The molecule has 0 bridgehead atoms. The van der Waals surface area contributed by atoms with Crippen LogP contribution in [0.15, 0.2) is 36.4 Å². The normalized spacial score (nSPS) is 16.1. The highest BCUT2D eigenvalue weighted by molar-refractivity contribution is 7.92. The fraction of sp³-hybridized carbons (Fsp3) is 0.350. The van der Waals surface area contributed by atoms with Crippen LogP contribution in [0.5, 0.6) is 5.75 Å². The van der Waals surface area contributed by atoms with Crippen molar-refractivity contribution < 1.29 is 22.3 Å². The van der Waals surface area contributed by atoms with Gasteiger partial charge in [-0.3, -0.25) is 9.10 Å². The van der Waals surface area contributed by atoms with E-state index < -0.39 is 28.3 Å². The number of carbonyl (C=O) groups is 1. The number of nitrogens with one attached hydrogen (secondary N) is 1. The molecule has 0 saturated carbocycles. The Morgan fingerprint density at radius 2 is 2.07 bits per heavy atom. The summed E-state index contributed by atoms with van der Waals surface area (Å²) in [6, 6.07) is 9.04. The number of amides is 1. The molecular formula is C20H22ClFN2O4S. The number of anilines is 1. The summed E-state index contributed by atoms with van der Waals surface area (Å²) in [5.74, 6) is -0.362. The van der Waals surface area contributed by atoms with Gasteiger partial charge < -0.3 is 10.1 Å². The van der Waals surface area contributed by atoms with E-state index in [4.69, 9.17) is 16.3 Å². The third-order valence-electron chi connectivity index (χ3n) is 4.88.